The smallest absolute Gasteiger partial charge is 0.295 e. The molecule has 0 aliphatic heterocycles. The fraction of sp³-hybridized carbons (Fsp3) is 0.167. The highest BCUT2D eigenvalue weighted by atomic mass is 79.9. The monoisotopic (exact) mass is 435 g/mol. The SMILES string of the molecule is O=[N+]([O-])OC(Cc1ccc(Cl)cc1)(Cn1ccnc1)c1ccc(Br)cc1. The van der Waals surface area contributed by atoms with Crippen LogP contribution in [0.25, 0.3) is 0 Å². The van der Waals surface area contributed by atoms with Crippen LogP contribution in [0.3, 0.4) is 0 Å². The van der Waals surface area contributed by atoms with Gasteiger partial charge in [0.15, 0.2) is 5.60 Å². The Morgan fingerprint density at radius 2 is 1.88 bits per heavy atom. The topological polar surface area (TPSA) is 70.2 Å². The van der Waals surface area contributed by atoms with Crippen LogP contribution in [0.2, 0.25) is 5.02 Å². The molecule has 26 heavy (non-hydrogen) atoms. The molecule has 1 aromatic heterocycles. The number of benzene rings is 2. The lowest BCUT2D eigenvalue weighted by Gasteiger charge is -2.32. The first kappa shape index (κ1) is 18.4. The molecule has 0 spiro atoms. The van der Waals surface area contributed by atoms with E-state index >= 15 is 0 Å². The van der Waals surface area contributed by atoms with Gasteiger partial charge in [0.05, 0.1) is 12.9 Å². The van der Waals surface area contributed by atoms with Crippen molar-refractivity contribution in [2.75, 3.05) is 0 Å². The Kier molecular flexibility index (Phi) is 5.58. The average Bonchev–Trinajstić information content (AvgIpc) is 3.09. The summed E-state index contributed by atoms with van der Waals surface area (Å²) in [6, 6.07) is 14.5. The Hall–Kier alpha value is -2.38. The van der Waals surface area contributed by atoms with Crippen LogP contribution in [-0.4, -0.2) is 14.6 Å². The van der Waals surface area contributed by atoms with Crippen molar-refractivity contribution in [3.63, 3.8) is 0 Å². The van der Waals surface area contributed by atoms with Crippen LogP contribution in [0.15, 0.2) is 71.7 Å². The maximum atomic E-state index is 11.4. The van der Waals surface area contributed by atoms with Gasteiger partial charge in [0.1, 0.15) is 0 Å². The van der Waals surface area contributed by atoms with Gasteiger partial charge in [-0.3, -0.25) is 0 Å². The molecule has 0 N–H and O–H groups in total. The largest absolute Gasteiger partial charge is 0.335 e. The summed E-state index contributed by atoms with van der Waals surface area (Å²) in [6.07, 6.45) is 5.28. The van der Waals surface area contributed by atoms with E-state index in [0.29, 0.717) is 17.0 Å². The third kappa shape index (κ3) is 4.42. The number of nitrogens with zero attached hydrogens (tertiary/aromatic N) is 3. The maximum absolute atomic E-state index is 11.4. The van der Waals surface area contributed by atoms with Crippen LogP contribution in [0.4, 0.5) is 0 Å². The van der Waals surface area contributed by atoms with Gasteiger partial charge < -0.3 is 9.40 Å². The van der Waals surface area contributed by atoms with Crippen molar-refractivity contribution in [2.45, 2.75) is 18.6 Å². The van der Waals surface area contributed by atoms with Crippen LogP contribution < -0.4 is 0 Å². The molecule has 0 fully saturated rings. The number of aromatic nitrogens is 2. The molecule has 134 valence electrons. The molecular formula is C18H15BrClN3O3. The molecular weight excluding hydrogens is 422 g/mol. The average molecular weight is 437 g/mol. The molecule has 3 aromatic rings. The fourth-order valence-corrected chi connectivity index (χ4v) is 3.26. The van der Waals surface area contributed by atoms with Crippen LogP contribution in [0, 0.1) is 10.1 Å². The molecule has 0 aliphatic rings. The molecule has 8 heteroatoms. The van der Waals surface area contributed by atoms with Crippen molar-refractivity contribution >= 4 is 27.5 Å². The van der Waals surface area contributed by atoms with Gasteiger partial charge in [-0.15, -0.1) is 10.1 Å². The summed E-state index contributed by atoms with van der Waals surface area (Å²) >= 11 is 9.35. The van der Waals surface area contributed by atoms with Crippen molar-refractivity contribution in [2.24, 2.45) is 0 Å². The second-order valence-corrected chi connectivity index (χ2v) is 7.21. The maximum Gasteiger partial charge on any atom is 0.295 e. The molecule has 3 rings (SSSR count). The normalized spacial score (nSPS) is 13.2. The molecule has 1 unspecified atom stereocenters. The van der Waals surface area contributed by atoms with Crippen molar-refractivity contribution in [1.29, 1.82) is 0 Å². The van der Waals surface area contributed by atoms with E-state index in [4.69, 9.17) is 16.4 Å². The van der Waals surface area contributed by atoms with Crippen molar-refractivity contribution in [3.05, 3.63) is 98.0 Å². The number of hydrogen-bond donors (Lipinski definition) is 0. The molecule has 0 saturated carbocycles. The van der Waals surface area contributed by atoms with Crippen molar-refractivity contribution in [3.8, 4) is 0 Å². The first-order chi connectivity index (χ1) is 12.5. The van der Waals surface area contributed by atoms with E-state index in [0.717, 1.165) is 10.0 Å². The second-order valence-electron chi connectivity index (χ2n) is 5.85. The van der Waals surface area contributed by atoms with Gasteiger partial charge >= 0.3 is 0 Å². The predicted molar refractivity (Wildman–Crippen MR) is 101 cm³/mol. The Morgan fingerprint density at radius 3 is 2.46 bits per heavy atom. The zero-order chi connectivity index (χ0) is 18.6. The Morgan fingerprint density at radius 1 is 1.19 bits per heavy atom. The summed E-state index contributed by atoms with van der Waals surface area (Å²) in [7, 11) is 0. The lowest BCUT2D eigenvalue weighted by atomic mass is 9.87. The van der Waals surface area contributed by atoms with E-state index in [1.54, 1.807) is 35.4 Å². The van der Waals surface area contributed by atoms with Crippen LogP contribution in [-0.2, 0) is 23.4 Å². The molecule has 6 nitrogen and oxygen atoms in total. The standard InChI is InChI=1S/C18H15BrClN3O3/c19-16-5-3-15(4-6-16)18(26-23(24)25,12-22-10-9-21-13-22)11-14-1-7-17(20)8-2-14/h1-10,13H,11-12H2. The summed E-state index contributed by atoms with van der Waals surface area (Å²) < 4.78 is 2.65. The van der Waals surface area contributed by atoms with E-state index in [-0.39, 0.29) is 6.54 Å². The van der Waals surface area contributed by atoms with Crippen molar-refractivity contribution in [1.82, 2.24) is 9.55 Å². The summed E-state index contributed by atoms with van der Waals surface area (Å²) in [5.41, 5.74) is 0.360. The van der Waals surface area contributed by atoms with E-state index < -0.39 is 10.7 Å². The minimum absolute atomic E-state index is 0.234. The highest BCUT2D eigenvalue weighted by Crippen LogP contribution is 2.33. The second kappa shape index (κ2) is 7.88. The number of imidazole rings is 1. The molecule has 1 heterocycles. The summed E-state index contributed by atoms with van der Waals surface area (Å²) in [5, 5.41) is 11.2. The third-order valence-corrected chi connectivity index (χ3v) is 4.80. The lowest BCUT2D eigenvalue weighted by Crippen LogP contribution is -2.39. The molecule has 2 aromatic carbocycles. The highest BCUT2D eigenvalue weighted by Gasteiger charge is 2.37. The molecule has 0 amide bonds. The van der Waals surface area contributed by atoms with Gasteiger partial charge in [0.25, 0.3) is 5.09 Å². The van der Waals surface area contributed by atoms with E-state index in [1.807, 2.05) is 36.4 Å². The van der Waals surface area contributed by atoms with Crippen LogP contribution in [0.1, 0.15) is 11.1 Å². The molecule has 0 radical (unpaired) electrons. The molecule has 1 atom stereocenters. The first-order valence-corrected chi connectivity index (χ1v) is 8.94. The number of rotatable bonds is 7. The lowest BCUT2D eigenvalue weighted by molar-refractivity contribution is -0.785. The third-order valence-electron chi connectivity index (χ3n) is 4.02. The zero-order valence-corrected chi connectivity index (χ0v) is 15.9. The van der Waals surface area contributed by atoms with E-state index in [1.165, 1.54) is 0 Å². The Labute approximate surface area is 163 Å². The molecule has 0 saturated heterocycles. The van der Waals surface area contributed by atoms with Gasteiger partial charge in [0, 0.05) is 28.3 Å². The quantitative estimate of drug-likeness (QED) is 0.399. The Balaban J connectivity index is 2.07. The predicted octanol–water partition coefficient (Wildman–Crippen LogP) is 4.65. The van der Waals surface area contributed by atoms with Gasteiger partial charge in [0.2, 0.25) is 0 Å². The summed E-state index contributed by atoms with van der Waals surface area (Å²) in [6.45, 7) is 0.234. The van der Waals surface area contributed by atoms with E-state index in [9.17, 15) is 10.1 Å². The van der Waals surface area contributed by atoms with Crippen LogP contribution >= 0.6 is 27.5 Å². The minimum Gasteiger partial charge on any atom is -0.335 e. The Bertz CT molecular complexity index is 870. The fourth-order valence-electron chi connectivity index (χ4n) is 2.87. The van der Waals surface area contributed by atoms with Crippen molar-refractivity contribution < 1.29 is 9.92 Å². The minimum atomic E-state index is -1.21. The summed E-state index contributed by atoms with van der Waals surface area (Å²) in [5.74, 6) is 0. The van der Waals surface area contributed by atoms with Gasteiger partial charge in [-0.05, 0) is 35.4 Å². The highest BCUT2D eigenvalue weighted by molar-refractivity contribution is 9.10. The number of hydrogen-bond acceptors (Lipinski definition) is 4. The van der Waals surface area contributed by atoms with Gasteiger partial charge in [-0.1, -0.05) is 51.8 Å². The molecule has 0 aliphatic carbocycles. The first-order valence-electron chi connectivity index (χ1n) is 7.77. The molecule has 0 bridgehead atoms. The number of halogens is 2. The van der Waals surface area contributed by atoms with Crippen LogP contribution in [0.5, 0.6) is 0 Å². The zero-order valence-electron chi connectivity index (χ0n) is 13.6. The van der Waals surface area contributed by atoms with E-state index in [2.05, 4.69) is 20.9 Å². The summed E-state index contributed by atoms with van der Waals surface area (Å²) in [4.78, 5) is 20.7. The van der Waals surface area contributed by atoms with Gasteiger partial charge in [-0.25, -0.2) is 4.98 Å². The van der Waals surface area contributed by atoms with Gasteiger partial charge in [-0.2, -0.15) is 0 Å².